The fourth-order valence-electron chi connectivity index (χ4n) is 2.32. The van der Waals surface area contributed by atoms with Crippen molar-refractivity contribution in [3.63, 3.8) is 0 Å². The average molecular weight is 246 g/mol. The second kappa shape index (κ2) is 4.15. The SMILES string of the molecule is CC1=CCN(C(=O)c2n[nH]c(C3CC3)c2N)CC1. The smallest absolute Gasteiger partial charge is 0.276 e. The second-order valence-corrected chi connectivity index (χ2v) is 5.23. The maximum absolute atomic E-state index is 12.3. The van der Waals surface area contributed by atoms with E-state index < -0.39 is 0 Å². The lowest BCUT2D eigenvalue weighted by Gasteiger charge is -2.24. The van der Waals surface area contributed by atoms with Gasteiger partial charge in [-0.25, -0.2) is 0 Å². The Morgan fingerprint density at radius 3 is 2.94 bits per heavy atom. The number of nitrogens with zero attached hydrogens (tertiary/aromatic N) is 2. The largest absolute Gasteiger partial charge is 0.395 e. The Bertz CT molecular complexity index is 513. The number of nitrogen functional groups attached to an aromatic ring is 1. The van der Waals surface area contributed by atoms with E-state index >= 15 is 0 Å². The number of carbonyl (C=O) groups excluding carboxylic acids is 1. The van der Waals surface area contributed by atoms with Gasteiger partial charge in [0.05, 0.1) is 11.4 Å². The molecule has 0 spiro atoms. The number of H-pyrrole nitrogens is 1. The first kappa shape index (κ1) is 11.3. The van der Waals surface area contributed by atoms with Gasteiger partial charge in [-0.2, -0.15) is 5.10 Å². The van der Waals surface area contributed by atoms with Gasteiger partial charge in [-0.05, 0) is 26.2 Å². The lowest BCUT2D eigenvalue weighted by molar-refractivity contribution is 0.0764. The van der Waals surface area contributed by atoms with Crippen LogP contribution in [0.15, 0.2) is 11.6 Å². The van der Waals surface area contributed by atoms with Gasteiger partial charge < -0.3 is 10.6 Å². The molecular formula is C13H18N4O. The molecule has 0 unspecified atom stereocenters. The summed E-state index contributed by atoms with van der Waals surface area (Å²) in [6.45, 7) is 3.51. The van der Waals surface area contributed by atoms with E-state index in [1.54, 1.807) is 4.90 Å². The number of nitrogens with one attached hydrogen (secondary N) is 1. The number of hydrogen-bond donors (Lipinski definition) is 2. The molecule has 1 aliphatic heterocycles. The van der Waals surface area contributed by atoms with Crippen LogP contribution in [0.2, 0.25) is 0 Å². The summed E-state index contributed by atoms with van der Waals surface area (Å²) >= 11 is 0. The van der Waals surface area contributed by atoms with Crippen molar-refractivity contribution in [2.75, 3.05) is 18.8 Å². The molecule has 1 aliphatic carbocycles. The first-order valence-electron chi connectivity index (χ1n) is 6.45. The summed E-state index contributed by atoms with van der Waals surface area (Å²) in [6, 6.07) is 0. The molecule has 1 fully saturated rings. The molecule has 1 saturated carbocycles. The van der Waals surface area contributed by atoms with E-state index in [0.717, 1.165) is 31.5 Å². The fraction of sp³-hybridized carbons (Fsp3) is 0.538. The van der Waals surface area contributed by atoms with Gasteiger partial charge >= 0.3 is 0 Å². The molecule has 0 atom stereocenters. The summed E-state index contributed by atoms with van der Waals surface area (Å²) < 4.78 is 0. The maximum atomic E-state index is 12.3. The fourth-order valence-corrected chi connectivity index (χ4v) is 2.32. The van der Waals surface area contributed by atoms with Gasteiger partial charge in [-0.15, -0.1) is 0 Å². The molecular weight excluding hydrogens is 228 g/mol. The molecule has 1 amide bonds. The zero-order valence-electron chi connectivity index (χ0n) is 10.6. The van der Waals surface area contributed by atoms with Crippen molar-refractivity contribution in [2.45, 2.75) is 32.1 Å². The Morgan fingerprint density at radius 2 is 2.33 bits per heavy atom. The molecule has 5 heteroatoms. The highest BCUT2D eigenvalue weighted by molar-refractivity contribution is 5.98. The molecule has 1 aromatic heterocycles. The van der Waals surface area contributed by atoms with Crippen LogP contribution in [0.4, 0.5) is 5.69 Å². The second-order valence-electron chi connectivity index (χ2n) is 5.23. The number of anilines is 1. The number of nitrogens with two attached hydrogens (primary N) is 1. The zero-order chi connectivity index (χ0) is 12.7. The maximum Gasteiger partial charge on any atom is 0.276 e. The monoisotopic (exact) mass is 246 g/mol. The van der Waals surface area contributed by atoms with Gasteiger partial charge in [0.15, 0.2) is 5.69 Å². The van der Waals surface area contributed by atoms with Crippen molar-refractivity contribution in [3.05, 3.63) is 23.0 Å². The van der Waals surface area contributed by atoms with Crippen LogP contribution < -0.4 is 5.73 Å². The van der Waals surface area contributed by atoms with Crippen LogP contribution in [0.3, 0.4) is 0 Å². The number of rotatable bonds is 2. The quantitative estimate of drug-likeness (QED) is 0.779. The van der Waals surface area contributed by atoms with Gasteiger partial charge in [-0.1, -0.05) is 11.6 Å². The Morgan fingerprint density at radius 1 is 1.56 bits per heavy atom. The highest BCUT2D eigenvalue weighted by Crippen LogP contribution is 2.42. The van der Waals surface area contributed by atoms with Crippen LogP contribution in [0.1, 0.15) is 48.3 Å². The molecule has 0 saturated heterocycles. The van der Waals surface area contributed by atoms with E-state index in [0.29, 0.717) is 23.8 Å². The first-order chi connectivity index (χ1) is 8.66. The minimum Gasteiger partial charge on any atom is -0.395 e. The van der Waals surface area contributed by atoms with Crippen LogP contribution in [0.25, 0.3) is 0 Å². The Kier molecular flexibility index (Phi) is 2.61. The third-order valence-electron chi connectivity index (χ3n) is 3.75. The minimum absolute atomic E-state index is 0.0561. The van der Waals surface area contributed by atoms with E-state index in [-0.39, 0.29) is 5.91 Å². The zero-order valence-corrected chi connectivity index (χ0v) is 10.6. The van der Waals surface area contributed by atoms with E-state index in [1.807, 2.05) is 0 Å². The standard InChI is InChI=1S/C13H18N4O/c1-8-4-6-17(7-5-8)13(18)12-10(14)11(15-16-12)9-2-3-9/h4,9H,2-3,5-7,14H2,1H3,(H,15,16). The highest BCUT2D eigenvalue weighted by atomic mass is 16.2. The molecule has 3 N–H and O–H groups in total. The first-order valence-corrected chi connectivity index (χ1v) is 6.45. The topological polar surface area (TPSA) is 75.0 Å². The van der Waals surface area contributed by atoms with E-state index in [9.17, 15) is 4.79 Å². The molecule has 1 aromatic rings. The predicted octanol–water partition coefficient (Wildman–Crippen LogP) is 1.66. The lowest BCUT2D eigenvalue weighted by Crippen LogP contribution is -2.35. The van der Waals surface area contributed by atoms with E-state index in [1.165, 1.54) is 5.57 Å². The third kappa shape index (κ3) is 1.89. The summed E-state index contributed by atoms with van der Waals surface area (Å²) in [7, 11) is 0. The number of aromatic amines is 1. The highest BCUT2D eigenvalue weighted by Gasteiger charge is 2.31. The van der Waals surface area contributed by atoms with Crippen molar-refractivity contribution in [1.29, 1.82) is 0 Å². The van der Waals surface area contributed by atoms with Crippen LogP contribution in [0, 0.1) is 0 Å². The van der Waals surface area contributed by atoms with Crippen LogP contribution >= 0.6 is 0 Å². The predicted molar refractivity (Wildman–Crippen MR) is 69.3 cm³/mol. The molecule has 3 rings (SSSR count). The Hall–Kier alpha value is -1.78. The molecule has 0 aromatic carbocycles. The van der Waals surface area contributed by atoms with Gasteiger partial charge in [0, 0.05) is 19.0 Å². The molecule has 96 valence electrons. The molecule has 2 heterocycles. The Balaban J connectivity index is 1.80. The Labute approximate surface area is 106 Å². The number of amides is 1. The molecule has 5 nitrogen and oxygen atoms in total. The van der Waals surface area contributed by atoms with Crippen molar-refractivity contribution in [2.24, 2.45) is 0 Å². The van der Waals surface area contributed by atoms with Crippen LogP contribution in [0.5, 0.6) is 0 Å². The average Bonchev–Trinajstić information content (AvgIpc) is 3.13. The van der Waals surface area contributed by atoms with Crippen molar-refractivity contribution in [1.82, 2.24) is 15.1 Å². The lowest BCUT2D eigenvalue weighted by atomic mass is 10.1. The molecule has 2 aliphatic rings. The number of aromatic nitrogens is 2. The summed E-state index contributed by atoms with van der Waals surface area (Å²) in [5.41, 5.74) is 9.25. The summed E-state index contributed by atoms with van der Waals surface area (Å²) in [5, 5.41) is 7.04. The van der Waals surface area contributed by atoms with Gasteiger partial charge in [-0.3, -0.25) is 9.89 Å². The van der Waals surface area contributed by atoms with Crippen LogP contribution in [-0.2, 0) is 0 Å². The van der Waals surface area contributed by atoms with Crippen molar-refractivity contribution in [3.8, 4) is 0 Å². The minimum atomic E-state index is -0.0561. The van der Waals surface area contributed by atoms with Gasteiger partial charge in [0.25, 0.3) is 5.91 Å². The van der Waals surface area contributed by atoms with Crippen LogP contribution in [-0.4, -0.2) is 34.1 Å². The van der Waals surface area contributed by atoms with Crippen molar-refractivity contribution < 1.29 is 4.79 Å². The third-order valence-corrected chi connectivity index (χ3v) is 3.75. The normalized spacial score (nSPS) is 19.8. The van der Waals surface area contributed by atoms with Crippen molar-refractivity contribution >= 4 is 11.6 Å². The van der Waals surface area contributed by atoms with Gasteiger partial charge in [0.2, 0.25) is 0 Å². The van der Waals surface area contributed by atoms with E-state index in [2.05, 4.69) is 23.2 Å². The molecule has 18 heavy (non-hydrogen) atoms. The number of hydrogen-bond acceptors (Lipinski definition) is 3. The summed E-state index contributed by atoms with van der Waals surface area (Å²) in [5.74, 6) is 0.432. The van der Waals surface area contributed by atoms with E-state index in [4.69, 9.17) is 5.73 Å². The molecule has 0 bridgehead atoms. The number of carbonyl (C=O) groups is 1. The van der Waals surface area contributed by atoms with Gasteiger partial charge in [0.1, 0.15) is 0 Å². The summed E-state index contributed by atoms with van der Waals surface area (Å²) in [4.78, 5) is 14.1. The summed E-state index contributed by atoms with van der Waals surface area (Å²) in [6.07, 6.45) is 5.31. The molecule has 0 radical (unpaired) electrons.